The van der Waals surface area contributed by atoms with Crippen LogP contribution in [0, 0.1) is 12.7 Å². The molecule has 0 unspecified atom stereocenters. The zero-order valence-electron chi connectivity index (χ0n) is 15.2. The second-order valence-electron chi connectivity index (χ2n) is 6.35. The summed E-state index contributed by atoms with van der Waals surface area (Å²) in [7, 11) is 0. The number of ether oxygens (including phenoxy) is 3. The van der Waals surface area contributed by atoms with E-state index >= 15 is 0 Å². The maximum absolute atomic E-state index is 13.8. The van der Waals surface area contributed by atoms with E-state index in [1.807, 2.05) is 0 Å². The Balaban J connectivity index is 1.82. The summed E-state index contributed by atoms with van der Waals surface area (Å²) in [6, 6.07) is 9.28. The molecule has 1 aliphatic heterocycles. The van der Waals surface area contributed by atoms with Crippen molar-refractivity contribution in [2.24, 2.45) is 0 Å². The number of carbonyl (C=O) groups excluding carboxylic acids is 2. The summed E-state index contributed by atoms with van der Waals surface area (Å²) in [4.78, 5) is 24.2. The molecule has 0 saturated carbocycles. The Morgan fingerprint density at radius 2 is 1.96 bits per heavy atom. The standard InChI is InChI=1S/C21H19FO5/c1-12(2)26-19(23)11-25-17-9-8-15-20(24)18(27-21(15)13(17)3)10-14-6-4-5-7-16(14)22/h4-10,12H,11H2,1-3H3/b18-10-. The minimum atomic E-state index is -0.484. The smallest absolute Gasteiger partial charge is 0.344 e. The maximum atomic E-state index is 13.8. The topological polar surface area (TPSA) is 61.8 Å². The van der Waals surface area contributed by atoms with Crippen LogP contribution in [0.4, 0.5) is 4.39 Å². The average Bonchev–Trinajstić information content (AvgIpc) is 2.93. The molecule has 5 nitrogen and oxygen atoms in total. The molecule has 0 saturated heterocycles. The lowest BCUT2D eigenvalue weighted by atomic mass is 10.1. The van der Waals surface area contributed by atoms with Crippen LogP contribution in [0.25, 0.3) is 6.08 Å². The van der Waals surface area contributed by atoms with Crippen molar-refractivity contribution in [2.75, 3.05) is 6.61 Å². The first-order chi connectivity index (χ1) is 12.9. The van der Waals surface area contributed by atoms with Crippen LogP contribution < -0.4 is 9.47 Å². The third-order valence-corrected chi connectivity index (χ3v) is 3.94. The van der Waals surface area contributed by atoms with Gasteiger partial charge in [-0.3, -0.25) is 4.79 Å². The Morgan fingerprint density at radius 3 is 2.67 bits per heavy atom. The van der Waals surface area contributed by atoms with Crippen LogP contribution >= 0.6 is 0 Å². The van der Waals surface area contributed by atoms with E-state index in [0.717, 1.165) is 0 Å². The highest BCUT2D eigenvalue weighted by atomic mass is 19.1. The number of carbonyl (C=O) groups is 2. The van der Waals surface area contributed by atoms with Gasteiger partial charge in [-0.15, -0.1) is 0 Å². The van der Waals surface area contributed by atoms with Gasteiger partial charge in [0, 0.05) is 11.1 Å². The number of allylic oxidation sites excluding steroid dienone is 1. The molecule has 1 heterocycles. The molecule has 0 spiro atoms. The van der Waals surface area contributed by atoms with E-state index in [4.69, 9.17) is 14.2 Å². The molecular formula is C21H19FO5. The number of benzene rings is 2. The van der Waals surface area contributed by atoms with Gasteiger partial charge in [0.05, 0.1) is 11.7 Å². The van der Waals surface area contributed by atoms with Crippen molar-refractivity contribution in [1.29, 1.82) is 0 Å². The minimum Gasteiger partial charge on any atom is -0.481 e. The van der Waals surface area contributed by atoms with Crippen LogP contribution in [0.5, 0.6) is 11.5 Å². The van der Waals surface area contributed by atoms with E-state index in [0.29, 0.717) is 22.6 Å². The molecule has 0 atom stereocenters. The van der Waals surface area contributed by atoms with Crippen LogP contribution in [-0.4, -0.2) is 24.5 Å². The van der Waals surface area contributed by atoms with Crippen LogP contribution in [0.1, 0.15) is 35.3 Å². The monoisotopic (exact) mass is 370 g/mol. The number of halogens is 1. The van der Waals surface area contributed by atoms with Gasteiger partial charge >= 0.3 is 5.97 Å². The lowest BCUT2D eigenvalue weighted by Gasteiger charge is -2.12. The fraction of sp³-hybridized carbons (Fsp3) is 0.238. The Hall–Kier alpha value is -3.15. The number of rotatable bonds is 5. The number of ketones is 1. The maximum Gasteiger partial charge on any atom is 0.344 e. The minimum absolute atomic E-state index is 0.0366. The van der Waals surface area contributed by atoms with Gasteiger partial charge in [0.15, 0.2) is 12.4 Å². The summed E-state index contributed by atoms with van der Waals surface area (Å²) in [5.41, 5.74) is 1.21. The summed E-state index contributed by atoms with van der Waals surface area (Å²) in [6.45, 7) is 4.98. The lowest BCUT2D eigenvalue weighted by molar-refractivity contribution is -0.149. The second kappa shape index (κ2) is 7.61. The Morgan fingerprint density at radius 1 is 1.22 bits per heavy atom. The molecule has 0 aromatic heterocycles. The highest BCUT2D eigenvalue weighted by molar-refractivity contribution is 6.15. The molecule has 1 aliphatic rings. The van der Waals surface area contributed by atoms with Crippen LogP contribution in [-0.2, 0) is 9.53 Å². The highest BCUT2D eigenvalue weighted by Gasteiger charge is 2.30. The number of Topliss-reactive ketones (excluding diaryl/α,β-unsaturated/α-hetero) is 1. The van der Waals surface area contributed by atoms with Crippen LogP contribution in [0.15, 0.2) is 42.2 Å². The molecule has 6 heteroatoms. The van der Waals surface area contributed by atoms with Gasteiger partial charge < -0.3 is 14.2 Å². The van der Waals surface area contributed by atoms with Crippen molar-refractivity contribution in [3.05, 3.63) is 64.7 Å². The highest BCUT2D eigenvalue weighted by Crippen LogP contribution is 2.39. The molecule has 0 bridgehead atoms. The molecule has 0 N–H and O–H groups in total. The SMILES string of the molecule is Cc1c(OCC(=O)OC(C)C)ccc2c1O/C(=C\c1ccccc1F)C2=O. The largest absolute Gasteiger partial charge is 0.481 e. The predicted octanol–water partition coefficient (Wildman–Crippen LogP) is 4.08. The van der Waals surface area contributed by atoms with Gasteiger partial charge in [0.1, 0.15) is 17.3 Å². The summed E-state index contributed by atoms with van der Waals surface area (Å²) in [6.07, 6.45) is 1.15. The van der Waals surface area contributed by atoms with Gasteiger partial charge in [-0.2, -0.15) is 0 Å². The molecule has 140 valence electrons. The van der Waals surface area contributed by atoms with Gasteiger partial charge in [-0.1, -0.05) is 18.2 Å². The number of esters is 1. The molecular weight excluding hydrogens is 351 g/mol. The van der Waals surface area contributed by atoms with Crippen molar-refractivity contribution in [3.63, 3.8) is 0 Å². The first-order valence-corrected chi connectivity index (χ1v) is 8.51. The van der Waals surface area contributed by atoms with E-state index in [1.54, 1.807) is 51.1 Å². The molecule has 0 aliphatic carbocycles. The average molecular weight is 370 g/mol. The Kier molecular flexibility index (Phi) is 5.26. The third kappa shape index (κ3) is 4.00. The van der Waals surface area contributed by atoms with Crippen molar-refractivity contribution >= 4 is 17.8 Å². The molecule has 2 aromatic carbocycles. The fourth-order valence-electron chi connectivity index (χ4n) is 2.69. The van der Waals surface area contributed by atoms with E-state index in [-0.39, 0.29) is 29.8 Å². The molecule has 3 rings (SSSR count). The second-order valence-corrected chi connectivity index (χ2v) is 6.35. The zero-order valence-corrected chi connectivity index (χ0v) is 15.2. The van der Waals surface area contributed by atoms with E-state index < -0.39 is 11.8 Å². The summed E-state index contributed by atoms with van der Waals surface area (Å²) >= 11 is 0. The first kappa shape index (κ1) is 18.6. The van der Waals surface area contributed by atoms with E-state index in [2.05, 4.69) is 0 Å². The lowest BCUT2D eigenvalue weighted by Crippen LogP contribution is -2.19. The Bertz CT molecular complexity index is 930. The fourth-order valence-corrected chi connectivity index (χ4v) is 2.69. The number of fused-ring (bicyclic) bond motifs is 1. The van der Waals surface area contributed by atoms with Crippen molar-refractivity contribution in [2.45, 2.75) is 26.9 Å². The molecule has 27 heavy (non-hydrogen) atoms. The van der Waals surface area contributed by atoms with E-state index in [1.165, 1.54) is 12.1 Å². The van der Waals surface area contributed by atoms with Crippen LogP contribution in [0.2, 0.25) is 0 Å². The summed E-state index contributed by atoms with van der Waals surface area (Å²) < 4.78 is 30.0. The number of hydrogen-bond acceptors (Lipinski definition) is 5. The summed E-state index contributed by atoms with van der Waals surface area (Å²) in [5, 5.41) is 0. The quantitative estimate of drug-likeness (QED) is 0.586. The zero-order chi connectivity index (χ0) is 19.6. The van der Waals surface area contributed by atoms with Crippen molar-refractivity contribution in [3.8, 4) is 11.5 Å². The van der Waals surface area contributed by atoms with Gasteiger partial charge in [-0.25, -0.2) is 9.18 Å². The Labute approximate surface area is 156 Å². The van der Waals surface area contributed by atoms with Gasteiger partial charge in [0.25, 0.3) is 0 Å². The first-order valence-electron chi connectivity index (χ1n) is 8.51. The predicted molar refractivity (Wildman–Crippen MR) is 97.2 cm³/mol. The molecule has 0 fully saturated rings. The molecule has 0 radical (unpaired) electrons. The normalized spacial score (nSPS) is 14.3. The molecule has 0 amide bonds. The molecule has 2 aromatic rings. The van der Waals surface area contributed by atoms with Crippen LogP contribution in [0.3, 0.4) is 0 Å². The van der Waals surface area contributed by atoms with Gasteiger partial charge in [-0.05, 0) is 45.0 Å². The van der Waals surface area contributed by atoms with E-state index in [9.17, 15) is 14.0 Å². The number of hydrogen-bond donors (Lipinski definition) is 0. The summed E-state index contributed by atoms with van der Waals surface area (Å²) in [5.74, 6) is -0.466. The van der Waals surface area contributed by atoms with Crippen molar-refractivity contribution < 1.29 is 28.2 Å². The third-order valence-electron chi connectivity index (χ3n) is 3.94. The van der Waals surface area contributed by atoms with Gasteiger partial charge in [0.2, 0.25) is 5.78 Å². The van der Waals surface area contributed by atoms with Crippen molar-refractivity contribution in [1.82, 2.24) is 0 Å².